The monoisotopic (exact) mass is 1920 g/mol. The van der Waals surface area contributed by atoms with E-state index in [0.29, 0.717) is 131 Å². The van der Waals surface area contributed by atoms with E-state index in [2.05, 4.69) is 55.6 Å². The smallest absolute Gasteiger partial charge is 0.303 e. The number of amides is 4. The largest absolute Gasteiger partial charge is 0.322 e. The molecule has 682 valence electrons. The number of nitrogens with one attached hydrogen (secondary N) is 6. The number of aromatic nitrogens is 7. The normalized spacial score (nSPS) is 15.3. The number of likely N-dealkylation sites (N-methyl/N-ethyl adjacent to an activating group) is 2. The highest BCUT2D eigenvalue weighted by atomic mass is 35.5. The van der Waals surface area contributed by atoms with Gasteiger partial charge in [-0.3, -0.25) is 56.3 Å². The van der Waals surface area contributed by atoms with Gasteiger partial charge in [0.15, 0.2) is 0 Å². The molecule has 37 heteroatoms. The molecule has 0 saturated carbocycles. The van der Waals surface area contributed by atoms with Crippen LogP contribution in [0.15, 0.2) is 292 Å². The van der Waals surface area contributed by atoms with Gasteiger partial charge in [-0.2, -0.15) is 51.7 Å². The second-order valence-corrected chi connectivity index (χ2v) is 39.9. The van der Waals surface area contributed by atoms with Gasteiger partial charge in [0, 0.05) is 175 Å². The van der Waals surface area contributed by atoms with Crippen molar-refractivity contribution in [1.82, 2.24) is 52.9 Å². The van der Waals surface area contributed by atoms with Crippen molar-refractivity contribution in [3.63, 3.8) is 0 Å². The molecule has 4 aliphatic heterocycles. The van der Waals surface area contributed by atoms with Crippen LogP contribution in [0.25, 0.3) is 88.8 Å². The third-order valence-electron chi connectivity index (χ3n) is 23.0. The lowest BCUT2D eigenvalue weighted by molar-refractivity contribution is 0.101. The highest BCUT2D eigenvalue weighted by Gasteiger charge is 2.37. The van der Waals surface area contributed by atoms with Crippen molar-refractivity contribution in [1.29, 1.82) is 0 Å². The highest BCUT2D eigenvalue weighted by Crippen LogP contribution is 2.38. The minimum absolute atomic E-state index is 0.142. The molecule has 7 aromatic heterocycles. The molecule has 6 N–H and O–H groups in total. The first-order valence-electron chi connectivity index (χ1n) is 42.4. The molecule has 0 unspecified atom stereocenters. The number of para-hydroxylation sites is 1. The SMILES string of the molecule is CN1CCN(c2ccc(C(=O)Nc3ccc(Cl)c(-c4ccc5cnccc5n4)c3)c(Cl)c2)S1(=O)=O.Cc1ccc(NC(=O)c2ccc(N3CCN(C)S3(=O)=O)cc2)cc1-c1nccc2ncccc12.Cc1ccc(NC(=O)c2ccc(N3CCNS3(=O)=O)cc2)cc1-c1ccc2ccccc2n1.Cc1ccc(NC(=O)c2ccc(N3CCNS3(=O)=O)cc2)cc1-c1ccc2ncccc2n1. The molecule has 0 spiro atoms. The fourth-order valence-corrected chi connectivity index (χ4v) is 21.3. The van der Waals surface area contributed by atoms with Crippen molar-refractivity contribution >= 4 is 177 Å². The van der Waals surface area contributed by atoms with Gasteiger partial charge in [-0.15, -0.1) is 0 Å². The van der Waals surface area contributed by atoms with Crippen molar-refractivity contribution in [3.05, 3.63) is 341 Å². The molecule has 0 aliphatic carbocycles. The molecule has 9 aromatic carbocycles. The molecule has 31 nitrogen and oxygen atoms in total. The van der Waals surface area contributed by atoms with Crippen molar-refractivity contribution < 1.29 is 52.8 Å². The topological polar surface area (TPSA) is 387 Å². The maximum absolute atomic E-state index is 13.0. The first kappa shape index (κ1) is 92.2. The van der Waals surface area contributed by atoms with E-state index in [-0.39, 0.29) is 28.3 Å². The lowest BCUT2D eigenvalue weighted by Crippen LogP contribution is -2.30. The predicted molar refractivity (Wildman–Crippen MR) is 530 cm³/mol. The minimum Gasteiger partial charge on any atom is -0.322 e. The molecule has 20 rings (SSSR count). The second-order valence-electron chi connectivity index (χ2n) is 31.8. The Kier molecular flexibility index (Phi) is 26.6. The first-order valence-corrected chi connectivity index (χ1v) is 48.8. The number of carbonyl (C=O) groups is 4. The van der Waals surface area contributed by atoms with Crippen LogP contribution in [0.3, 0.4) is 0 Å². The second kappa shape index (κ2) is 38.9. The number of rotatable bonds is 16. The standard InChI is InChI=1S/C25H23N5O3S.C25H22N4O3S.C24H19Cl2N5O3S.C24H21N5O3S/c1-17-5-8-19(16-22(17)24-21-4-3-12-26-23(21)11-13-27-24)28-25(31)18-6-9-20(10-7-18)30-15-14-29(2)34(30,32)33;1-17-6-10-20(16-22(17)24-13-9-18-4-2-3-5-23(18)28-24)27-25(30)19-7-11-21(12-8-19)29-15-14-26-33(29,31)32;1-30-10-11-31(35(30,33)34)17-4-5-18(21(26)13-17)24(32)28-16-3-6-20(25)19(12-16)23-7-2-15-14-27-9-8-22(15)29-23;1-16-4-7-18(15-20(16)21-10-11-22-23(28-21)3-2-12-25-22)27-24(30)17-5-8-19(9-6-17)29-14-13-26-33(29,31)32/h3-13,16H,14-15H2,1-2H3,(H,28,31);2-13,16,26H,14-15H2,1H3,(H,27,30);2-9,12-14H,10-11H2,1H3,(H,28,32);2-12,15,26H,13-14H2,1H3,(H,27,30). The highest BCUT2D eigenvalue weighted by molar-refractivity contribution is 7.91. The summed E-state index contributed by atoms with van der Waals surface area (Å²) in [6.07, 6.45) is 8.62. The summed E-state index contributed by atoms with van der Waals surface area (Å²) in [5.74, 6) is -1.27. The van der Waals surface area contributed by atoms with Crippen LogP contribution in [0, 0.1) is 20.8 Å². The molecule has 0 radical (unpaired) electrons. The van der Waals surface area contributed by atoms with Crippen molar-refractivity contribution in [2.24, 2.45) is 0 Å². The Labute approximate surface area is 788 Å². The van der Waals surface area contributed by atoms with Crippen LogP contribution in [0.2, 0.25) is 10.0 Å². The van der Waals surface area contributed by atoms with Crippen molar-refractivity contribution in [3.8, 4) is 45.0 Å². The number of benzene rings is 9. The van der Waals surface area contributed by atoms with Crippen LogP contribution in [0.4, 0.5) is 45.5 Å². The number of pyridine rings is 7. The van der Waals surface area contributed by atoms with Gasteiger partial charge in [-0.05, 0) is 256 Å². The van der Waals surface area contributed by atoms with Gasteiger partial charge in [0.25, 0.3) is 23.6 Å². The lowest BCUT2D eigenvalue weighted by atomic mass is 10.0. The third-order valence-corrected chi connectivity index (χ3v) is 30.5. The number of fused-ring (bicyclic) bond motifs is 4. The molecule has 11 heterocycles. The first-order chi connectivity index (χ1) is 64.9. The van der Waals surface area contributed by atoms with Gasteiger partial charge in [0.2, 0.25) is 0 Å². The summed E-state index contributed by atoms with van der Waals surface area (Å²) in [6, 6.07) is 77.2. The van der Waals surface area contributed by atoms with Crippen LogP contribution in [0.5, 0.6) is 0 Å². The van der Waals surface area contributed by atoms with Gasteiger partial charge in [0.05, 0.1) is 88.7 Å². The number of aryl methyl sites for hydroxylation is 3. The summed E-state index contributed by atoms with van der Waals surface area (Å²) in [6.45, 7) is 8.97. The zero-order valence-corrected chi connectivity index (χ0v) is 77.7. The average molecular weight is 1920 g/mol. The van der Waals surface area contributed by atoms with Gasteiger partial charge in [-0.25, -0.2) is 15.0 Å². The van der Waals surface area contributed by atoms with E-state index in [9.17, 15) is 52.8 Å². The van der Waals surface area contributed by atoms with Gasteiger partial charge in [-0.1, -0.05) is 65.7 Å². The lowest BCUT2D eigenvalue weighted by Gasteiger charge is -2.19. The van der Waals surface area contributed by atoms with E-state index < -0.39 is 46.7 Å². The molecule has 4 fully saturated rings. The average Bonchev–Trinajstić information content (AvgIpc) is 1.26. The number of anilines is 8. The maximum atomic E-state index is 13.0. The molecule has 16 aromatic rings. The quantitative estimate of drug-likeness (QED) is 0.0523. The Balaban J connectivity index is 0.000000125. The Morgan fingerprint density at radius 2 is 0.770 bits per heavy atom. The van der Waals surface area contributed by atoms with Gasteiger partial charge < -0.3 is 21.3 Å². The predicted octanol–water partition coefficient (Wildman–Crippen LogP) is 16.3. The molecule has 4 saturated heterocycles. The number of carbonyl (C=O) groups excluding carboxylic acids is 4. The molecule has 4 aliphatic rings. The van der Waals surface area contributed by atoms with E-state index in [1.807, 2.05) is 172 Å². The summed E-state index contributed by atoms with van der Waals surface area (Å²) in [5.41, 5.74) is 19.8. The molecular weight excluding hydrogens is 1830 g/mol. The zero-order valence-electron chi connectivity index (χ0n) is 73.0. The van der Waals surface area contributed by atoms with Crippen LogP contribution < -0.4 is 47.9 Å². The van der Waals surface area contributed by atoms with Crippen LogP contribution >= 0.6 is 23.2 Å². The Morgan fingerprint density at radius 3 is 1.30 bits per heavy atom. The number of halogens is 2. The summed E-state index contributed by atoms with van der Waals surface area (Å²) in [4.78, 5) is 83.0. The Morgan fingerprint density at radius 1 is 0.341 bits per heavy atom. The molecule has 0 bridgehead atoms. The summed E-state index contributed by atoms with van der Waals surface area (Å²) < 4.78 is 110. The molecule has 135 heavy (non-hydrogen) atoms. The Hall–Kier alpha value is -14.6. The van der Waals surface area contributed by atoms with Crippen LogP contribution in [-0.4, -0.2) is 167 Å². The Bertz CT molecular complexity index is 7630. The van der Waals surface area contributed by atoms with E-state index in [1.165, 1.54) is 45.0 Å². The summed E-state index contributed by atoms with van der Waals surface area (Å²) >= 11 is 12.8. The molecule has 4 amide bonds. The van der Waals surface area contributed by atoms with E-state index in [0.717, 1.165) is 94.2 Å². The third kappa shape index (κ3) is 20.2. The van der Waals surface area contributed by atoms with Gasteiger partial charge >= 0.3 is 40.8 Å². The van der Waals surface area contributed by atoms with Crippen LogP contribution in [-0.2, 0) is 40.8 Å². The van der Waals surface area contributed by atoms with Gasteiger partial charge in [0.1, 0.15) is 0 Å². The summed E-state index contributed by atoms with van der Waals surface area (Å²) in [7, 11) is -11.0. The van der Waals surface area contributed by atoms with Crippen molar-refractivity contribution in [2.75, 3.05) is 105 Å². The zero-order chi connectivity index (χ0) is 94.6. The van der Waals surface area contributed by atoms with Crippen LogP contribution in [0.1, 0.15) is 58.1 Å². The van der Waals surface area contributed by atoms with E-state index in [1.54, 1.807) is 135 Å². The fourth-order valence-electron chi connectivity index (χ4n) is 15.6. The van der Waals surface area contributed by atoms with E-state index in [4.69, 9.17) is 33.2 Å². The van der Waals surface area contributed by atoms with Crippen molar-refractivity contribution in [2.45, 2.75) is 20.8 Å². The maximum Gasteiger partial charge on any atom is 0.303 e. The number of hydrogen-bond donors (Lipinski definition) is 6. The fraction of sp³-hybridized carbons (Fsp3) is 0.133. The molecule has 0 atom stereocenters. The summed E-state index contributed by atoms with van der Waals surface area (Å²) in [5, 5.41) is 15.2. The number of hydrogen-bond acceptors (Lipinski definition) is 19. The molecular formula is C98H85Cl2N19O12S4. The van der Waals surface area contributed by atoms with E-state index >= 15 is 0 Å². The minimum atomic E-state index is -3.58. The number of nitrogens with zero attached hydrogens (tertiary/aromatic N) is 13.